The Morgan fingerprint density at radius 2 is 1.80 bits per heavy atom. The van der Waals surface area contributed by atoms with Gasteiger partial charge in [0.15, 0.2) is 11.5 Å². The topological polar surface area (TPSA) is 93.9 Å². The third-order valence-electron chi connectivity index (χ3n) is 4.43. The van der Waals surface area contributed by atoms with Gasteiger partial charge < -0.3 is 20.5 Å². The molecule has 0 fully saturated rings. The summed E-state index contributed by atoms with van der Waals surface area (Å²) in [7, 11) is 1.77. The van der Waals surface area contributed by atoms with E-state index in [1.807, 2.05) is 0 Å². The SMILES string of the molecule is CCOc1cc(CN(C)[C@H](C)C(=O)Nc2ccc(C(N)=O)cc2)ccc1OC(F)F. The number of halogens is 2. The largest absolute Gasteiger partial charge is 0.490 e. The smallest absolute Gasteiger partial charge is 0.387 e. The molecule has 2 aromatic carbocycles. The van der Waals surface area contributed by atoms with Crippen LogP contribution in [-0.2, 0) is 11.3 Å². The minimum Gasteiger partial charge on any atom is -0.490 e. The average molecular weight is 421 g/mol. The highest BCUT2D eigenvalue weighted by Gasteiger charge is 2.19. The highest BCUT2D eigenvalue weighted by atomic mass is 19.3. The minimum absolute atomic E-state index is 0.0385. The van der Waals surface area contributed by atoms with Crippen molar-refractivity contribution in [3.63, 3.8) is 0 Å². The summed E-state index contributed by atoms with van der Waals surface area (Å²) < 4.78 is 34.9. The lowest BCUT2D eigenvalue weighted by Gasteiger charge is -2.24. The van der Waals surface area contributed by atoms with Crippen LogP contribution in [0.4, 0.5) is 14.5 Å². The quantitative estimate of drug-likeness (QED) is 0.614. The normalized spacial score (nSPS) is 12.0. The third-order valence-corrected chi connectivity index (χ3v) is 4.43. The second-order valence-electron chi connectivity index (χ2n) is 6.61. The Bertz CT molecular complexity index is 875. The maximum Gasteiger partial charge on any atom is 0.387 e. The van der Waals surface area contributed by atoms with Gasteiger partial charge in [0.2, 0.25) is 11.8 Å². The molecule has 0 aromatic heterocycles. The summed E-state index contributed by atoms with van der Waals surface area (Å²) >= 11 is 0. The van der Waals surface area contributed by atoms with E-state index in [4.69, 9.17) is 10.5 Å². The van der Waals surface area contributed by atoms with Crippen molar-refractivity contribution in [2.75, 3.05) is 19.0 Å². The van der Waals surface area contributed by atoms with Crippen LogP contribution < -0.4 is 20.5 Å². The number of nitrogens with two attached hydrogens (primary N) is 1. The second kappa shape index (κ2) is 10.5. The molecule has 2 amide bonds. The number of benzene rings is 2. The summed E-state index contributed by atoms with van der Waals surface area (Å²) in [6.45, 7) is 1.22. The lowest BCUT2D eigenvalue weighted by atomic mass is 10.1. The van der Waals surface area contributed by atoms with Crippen molar-refractivity contribution < 1.29 is 27.8 Å². The Morgan fingerprint density at radius 3 is 2.37 bits per heavy atom. The number of rotatable bonds is 10. The summed E-state index contributed by atoms with van der Waals surface area (Å²) in [6.07, 6.45) is 0. The molecule has 3 N–H and O–H groups in total. The van der Waals surface area contributed by atoms with Crippen LogP contribution >= 0.6 is 0 Å². The third kappa shape index (κ3) is 6.41. The van der Waals surface area contributed by atoms with E-state index in [1.54, 1.807) is 50.1 Å². The number of hydrogen-bond acceptors (Lipinski definition) is 5. The summed E-state index contributed by atoms with van der Waals surface area (Å²) in [6, 6.07) is 10.4. The predicted molar refractivity (Wildman–Crippen MR) is 109 cm³/mol. The molecule has 30 heavy (non-hydrogen) atoms. The molecule has 0 aliphatic carbocycles. The fourth-order valence-corrected chi connectivity index (χ4v) is 2.70. The number of nitrogens with zero attached hydrogens (tertiary/aromatic N) is 1. The molecule has 9 heteroatoms. The Labute approximate surface area is 173 Å². The predicted octanol–water partition coefficient (Wildman–Crippen LogP) is 3.24. The van der Waals surface area contributed by atoms with Gasteiger partial charge in [0, 0.05) is 17.8 Å². The van der Waals surface area contributed by atoms with Gasteiger partial charge in [-0.15, -0.1) is 0 Å². The maximum absolute atomic E-state index is 12.5. The van der Waals surface area contributed by atoms with Crippen LogP contribution in [0.2, 0.25) is 0 Å². The van der Waals surface area contributed by atoms with E-state index in [-0.39, 0.29) is 17.4 Å². The van der Waals surface area contributed by atoms with Crippen LogP contribution in [0.1, 0.15) is 29.8 Å². The number of carbonyl (C=O) groups is 2. The zero-order valence-electron chi connectivity index (χ0n) is 17.0. The van der Waals surface area contributed by atoms with Crippen LogP contribution in [0.15, 0.2) is 42.5 Å². The molecule has 0 bridgehead atoms. The lowest BCUT2D eigenvalue weighted by molar-refractivity contribution is -0.120. The number of carbonyl (C=O) groups excluding carboxylic acids is 2. The Hall–Kier alpha value is -3.20. The van der Waals surface area contributed by atoms with Crippen molar-refractivity contribution in [3.8, 4) is 11.5 Å². The second-order valence-corrected chi connectivity index (χ2v) is 6.61. The first-order chi connectivity index (χ1) is 14.2. The van der Waals surface area contributed by atoms with Crippen molar-refractivity contribution in [3.05, 3.63) is 53.6 Å². The zero-order chi connectivity index (χ0) is 22.3. The van der Waals surface area contributed by atoms with E-state index >= 15 is 0 Å². The number of ether oxygens (including phenoxy) is 2. The standard InChI is InChI=1S/C21H25F2N3O4/c1-4-29-18-11-14(5-10-17(18)30-21(22)23)12-26(3)13(2)20(28)25-16-8-6-15(7-9-16)19(24)27/h5-11,13,21H,4,12H2,1-3H3,(H2,24,27)(H,25,28)/t13-/m1/s1. The molecule has 7 nitrogen and oxygen atoms in total. The number of amides is 2. The minimum atomic E-state index is -2.95. The fraction of sp³-hybridized carbons (Fsp3) is 0.333. The highest BCUT2D eigenvalue weighted by Crippen LogP contribution is 2.30. The van der Waals surface area contributed by atoms with Crippen molar-refractivity contribution in [1.82, 2.24) is 4.90 Å². The first-order valence-corrected chi connectivity index (χ1v) is 9.32. The summed E-state index contributed by atoms with van der Waals surface area (Å²) in [5.41, 5.74) is 6.86. The number of primary amides is 1. The van der Waals surface area contributed by atoms with E-state index in [0.29, 0.717) is 24.4 Å². The van der Waals surface area contributed by atoms with E-state index < -0.39 is 18.6 Å². The molecule has 0 aliphatic heterocycles. The lowest BCUT2D eigenvalue weighted by Crippen LogP contribution is -2.39. The van der Waals surface area contributed by atoms with Crippen molar-refractivity contribution in [2.45, 2.75) is 33.0 Å². The Kier molecular flexibility index (Phi) is 8.11. The highest BCUT2D eigenvalue weighted by molar-refractivity contribution is 5.96. The monoisotopic (exact) mass is 421 g/mol. The van der Waals surface area contributed by atoms with Gasteiger partial charge >= 0.3 is 6.61 Å². The maximum atomic E-state index is 12.5. The van der Waals surface area contributed by atoms with Crippen LogP contribution in [0, 0.1) is 0 Å². The molecule has 2 rings (SSSR count). The van der Waals surface area contributed by atoms with Gasteiger partial charge in [-0.2, -0.15) is 8.78 Å². The van der Waals surface area contributed by atoms with Gasteiger partial charge in [-0.05, 0) is 62.9 Å². The molecule has 0 unspecified atom stereocenters. The molecule has 0 aliphatic rings. The first-order valence-electron chi connectivity index (χ1n) is 9.32. The van der Waals surface area contributed by atoms with Gasteiger partial charge in [-0.3, -0.25) is 14.5 Å². The zero-order valence-corrected chi connectivity index (χ0v) is 17.0. The number of hydrogen-bond donors (Lipinski definition) is 2. The Morgan fingerprint density at radius 1 is 1.13 bits per heavy atom. The molecule has 0 saturated carbocycles. The molecule has 0 spiro atoms. The van der Waals surface area contributed by atoms with Crippen LogP contribution in [0.5, 0.6) is 11.5 Å². The van der Waals surface area contributed by atoms with Crippen LogP contribution in [-0.4, -0.2) is 43.0 Å². The molecule has 0 saturated heterocycles. The van der Waals surface area contributed by atoms with Crippen molar-refractivity contribution in [1.29, 1.82) is 0 Å². The molecular formula is C21H25F2N3O4. The van der Waals surface area contributed by atoms with Crippen molar-refractivity contribution in [2.24, 2.45) is 5.73 Å². The van der Waals surface area contributed by atoms with E-state index in [2.05, 4.69) is 10.1 Å². The van der Waals surface area contributed by atoms with Gasteiger partial charge in [0.05, 0.1) is 12.6 Å². The number of alkyl halides is 2. The van der Waals surface area contributed by atoms with E-state index in [1.165, 1.54) is 18.2 Å². The molecule has 1 atom stereocenters. The number of likely N-dealkylation sites (N-methyl/N-ethyl adjacent to an activating group) is 1. The van der Waals surface area contributed by atoms with Gasteiger partial charge in [-0.1, -0.05) is 6.07 Å². The molecule has 0 heterocycles. The van der Waals surface area contributed by atoms with E-state index in [0.717, 1.165) is 5.56 Å². The number of nitrogens with one attached hydrogen (secondary N) is 1. The first kappa shape index (κ1) is 23.1. The molecule has 162 valence electrons. The van der Waals surface area contributed by atoms with Gasteiger partial charge in [-0.25, -0.2) is 0 Å². The van der Waals surface area contributed by atoms with Crippen LogP contribution in [0.25, 0.3) is 0 Å². The van der Waals surface area contributed by atoms with Crippen LogP contribution in [0.3, 0.4) is 0 Å². The summed E-state index contributed by atoms with van der Waals surface area (Å²) in [5.74, 6) is -0.608. The average Bonchev–Trinajstić information content (AvgIpc) is 2.69. The van der Waals surface area contributed by atoms with E-state index in [9.17, 15) is 18.4 Å². The summed E-state index contributed by atoms with van der Waals surface area (Å²) in [5, 5.41) is 2.78. The number of anilines is 1. The Balaban J connectivity index is 2.03. The summed E-state index contributed by atoms with van der Waals surface area (Å²) in [4.78, 5) is 25.5. The molecule has 2 aromatic rings. The molecule has 0 radical (unpaired) electrons. The molecular weight excluding hydrogens is 396 g/mol. The van der Waals surface area contributed by atoms with Gasteiger partial charge in [0.25, 0.3) is 0 Å². The van der Waals surface area contributed by atoms with Gasteiger partial charge in [0.1, 0.15) is 0 Å². The van der Waals surface area contributed by atoms with Crippen molar-refractivity contribution >= 4 is 17.5 Å². The fourth-order valence-electron chi connectivity index (χ4n) is 2.70.